The van der Waals surface area contributed by atoms with Crippen molar-refractivity contribution in [2.45, 2.75) is 19.3 Å². The fourth-order valence-electron chi connectivity index (χ4n) is 2.54. The molecule has 1 heterocycles. The Labute approximate surface area is 195 Å². The SMILES string of the molecule is Cc1cn([C@@H](COS(C)(=O)=O)O[C@H](COC(=O)c2ccccc2)COS(C)(=O)=O)c(=O)[nH]c1=O. The molecule has 0 aliphatic heterocycles. The topological polar surface area (TPSA) is 177 Å². The summed E-state index contributed by atoms with van der Waals surface area (Å²) in [6.45, 7) is -0.468. The molecule has 2 aromatic rings. The minimum Gasteiger partial charge on any atom is -0.459 e. The van der Waals surface area contributed by atoms with Gasteiger partial charge in [0, 0.05) is 11.8 Å². The van der Waals surface area contributed by atoms with Crippen molar-refractivity contribution < 1.29 is 39.5 Å². The van der Waals surface area contributed by atoms with Crippen LogP contribution in [-0.4, -0.2) is 70.8 Å². The molecule has 0 spiro atoms. The highest BCUT2D eigenvalue weighted by Gasteiger charge is 2.25. The number of nitrogens with one attached hydrogen (secondary N) is 1. The molecule has 34 heavy (non-hydrogen) atoms. The van der Waals surface area contributed by atoms with Gasteiger partial charge in [0.1, 0.15) is 19.3 Å². The highest BCUT2D eigenvalue weighted by Crippen LogP contribution is 2.14. The number of nitrogens with zero attached hydrogens (tertiary/aromatic N) is 1. The van der Waals surface area contributed by atoms with E-state index in [2.05, 4.69) is 0 Å². The van der Waals surface area contributed by atoms with E-state index in [-0.39, 0.29) is 11.1 Å². The van der Waals surface area contributed by atoms with Crippen molar-refractivity contribution in [3.05, 3.63) is 68.5 Å². The Kier molecular flexibility index (Phi) is 9.29. The van der Waals surface area contributed by atoms with Crippen molar-refractivity contribution in [3.63, 3.8) is 0 Å². The fourth-order valence-corrected chi connectivity index (χ4v) is 3.30. The lowest BCUT2D eigenvalue weighted by molar-refractivity contribution is -0.107. The number of hydrogen-bond acceptors (Lipinski definition) is 11. The van der Waals surface area contributed by atoms with Gasteiger partial charge < -0.3 is 9.47 Å². The fraction of sp³-hybridized carbons (Fsp3) is 0.421. The molecule has 2 atom stereocenters. The van der Waals surface area contributed by atoms with Crippen LogP contribution < -0.4 is 11.2 Å². The number of carbonyl (C=O) groups is 1. The molecule has 2 rings (SSSR count). The van der Waals surface area contributed by atoms with Crippen LogP contribution in [0.5, 0.6) is 0 Å². The van der Waals surface area contributed by atoms with Gasteiger partial charge in [-0.05, 0) is 19.1 Å². The van der Waals surface area contributed by atoms with E-state index in [0.29, 0.717) is 0 Å². The van der Waals surface area contributed by atoms with Crippen molar-refractivity contribution >= 4 is 26.2 Å². The largest absolute Gasteiger partial charge is 0.459 e. The second kappa shape index (κ2) is 11.5. The van der Waals surface area contributed by atoms with E-state index < -0.39 is 69.6 Å². The molecular weight excluding hydrogens is 496 g/mol. The average Bonchev–Trinajstić information content (AvgIpc) is 2.74. The summed E-state index contributed by atoms with van der Waals surface area (Å²) >= 11 is 0. The van der Waals surface area contributed by atoms with Gasteiger partial charge in [0.05, 0.1) is 24.7 Å². The van der Waals surface area contributed by atoms with Crippen LogP contribution in [0.2, 0.25) is 0 Å². The molecular formula is C19H24N2O11S2. The molecule has 0 aliphatic carbocycles. The smallest absolute Gasteiger partial charge is 0.338 e. The molecule has 1 aromatic heterocycles. The lowest BCUT2D eigenvalue weighted by atomic mass is 10.2. The van der Waals surface area contributed by atoms with Crippen LogP contribution >= 0.6 is 0 Å². The molecule has 0 aliphatic rings. The van der Waals surface area contributed by atoms with Gasteiger partial charge >= 0.3 is 11.7 Å². The first kappa shape index (κ1) is 27.4. The summed E-state index contributed by atoms with van der Waals surface area (Å²) in [4.78, 5) is 38.3. The molecule has 1 aromatic carbocycles. The van der Waals surface area contributed by atoms with Gasteiger partial charge in [-0.3, -0.25) is 22.7 Å². The number of aromatic nitrogens is 2. The van der Waals surface area contributed by atoms with Gasteiger partial charge in [-0.15, -0.1) is 0 Å². The van der Waals surface area contributed by atoms with Gasteiger partial charge in [-0.1, -0.05) is 18.2 Å². The summed E-state index contributed by atoms with van der Waals surface area (Å²) in [5.74, 6) is -0.741. The Morgan fingerprint density at radius 3 is 2.15 bits per heavy atom. The van der Waals surface area contributed by atoms with Crippen molar-refractivity contribution in [2.24, 2.45) is 0 Å². The average molecular weight is 521 g/mol. The quantitative estimate of drug-likeness (QED) is 0.283. The molecule has 188 valence electrons. The van der Waals surface area contributed by atoms with Crippen molar-refractivity contribution in [3.8, 4) is 0 Å². The van der Waals surface area contributed by atoms with Gasteiger partial charge in [-0.25, -0.2) is 9.59 Å². The molecule has 0 saturated heterocycles. The minimum atomic E-state index is -3.97. The maximum atomic E-state index is 12.3. The van der Waals surface area contributed by atoms with Crippen LogP contribution in [0.1, 0.15) is 22.1 Å². The number of hydrogen-bond donors (Lipinski definition) is 1. The summed E-state index contributed by atoms with van der Waals surface area (Å²) in [5.41, 5.74) is -1.29. The maximum Gasteiger partial charge on any atom is 0.338 e. The van der Waals surface area contributed by atoms with Crippen LogP contribution in [0.4, 0.5) is 0 Å². The van der Waals surface area contributed by atoms with E-state index in [4.69, 9.17) is 17.8 Å². The van der Waals surface area contributed by atoms with Gasteiger partial charge in [0.25, 0.3) is 25.8 Å². The molecule has 15 heteroatoms. The van der Waals surface area contributed by atoms with Gasteiger partial charge in [-0.2, -0.15) is 16.8 Å². The number of benzene rings is 1. The Balaban J connectivity index is 2.31. The third-order valence-corrected chi connectivity index (χ3v) is 5.24. The molecule has 0 saturated carbocycles. The van der Waals surface area contributed by atoms with Crippen LogP contribution in [0, 0.1) is 6.92 Å². The van der Waals surface area contributed by atoms with Gasteiger partial charge in [0.15, 0.2) is 6.23 Å². The molecule has 0 unspecified atom stereocenters. The Morgan fingerprint density at radius 2 is 1.56 bits per heavy atom. The first-order chi connectivity index (χ1) is 15.7. The van der Waals surface area contributed by atoms with Gasteiger partial charge in [0.2, 0.25) is 0 Å². The first-order valence-electron chi connectivity index (χ1n) is 9.63. The van der Waals surface area contributed by atoms with E-state index in [9.17, 15) is 31.2 Å². The van der Waals surface area contributed by atoms with E-state index in [1.54, 1.807) is 18.2 Å². The Hall–Kier alpha value is -2.85. The van der Waals surface area contributed by atoms with Crippen molar-refractivity contribution in [1.82, 2.24) is 9.55 Å². The first-order valence-corrected chi connectivity index (χ1v) is 13.3. The normalized spacial score (nSPS) is 13.9. The summed E-state index contributed by atoms with van der Waals surface area (Å²) in [6, 6.07) is 7.91. The zero-order chi connectivity index (χ0) is 25.5. The van der Waals surface area contributed by atoms with E-state index in [1.807, 2.05) is 4.98 Å². The van der Waals surface area contributed by atoms with Crippen molar-refractivity contribution in [2.75, 3.05) is 32.3 Å². The highest BCUT2D eigenvalue weighted by molar-refractivity contribution is 7.86. The number of carbonyl (C=O) groups excluding carboxylic acids is 1. The lowest BCUT2D eigenvalue weighted by Gasteiger charge is -2.25. The van der Waals surface area contributed by atoms with E-state index in [0.717, 1.165) is 23.3 Å². The van der Waals surface area contributed by atoms with Crippen LogP contribution in [0.3, 0.4) is 0 Å². The number of H-pyrrole nitrogens is 1. The molecule has 13 nitrogen and oxygen atoms in total. The minimum absolute atomic E-state index is 0.104. The monoisotopic (exact) mass is 520 g/mol. The van der Waals surface area contributed by atoms with E-state index in [1.165, 1.54) is 19.1 Å². The summed E-state index contributed by atoms with van der Waals surface area (Å²) in [7, 11) is -7.90. The van der Waals surface area contributed by atoms with Crippen LogP contribution in [0.25, 0.3) is 0 Å². The highest BCUT2D eigenvalue weighted by atomic mass is 32.2. The predicted molar refractivity (Wildman–Crippen MR) is 118 cm³/mol. The second-order valence-corrected chi connectivity index (χ2v) is 10.4. The predicted octanol–water partition coefficient (Wildman–Crippen LogP) is -0.462. The third-order valence-electron chi connectivity index (χ3n) is 4.11. The molecule has 0 bridgehead atoms. The summed E-state index contributed by atoms with van der Waals surface area (Å²) in [6.07, 6.45) is -0.0742. The zero-order valence-electron chi connectivity index (χ0n) is 18.5. The molecule has 1 N–H and O–H groups in total. The Bertz CT molecular complexity index is 1320. The lowest BCUT2D eigenvalue weighted by Crippen LogP contribution is -2.39. The number of rotatable bonds is 12. The van der Waals surface area contributed by atoms with Crippen LogP contribution in [0.15, 0.2) is 46.1 Å². The van der Waals surface area contributed by atoms with E-state index >= 15 is 0 Å². The number of aromatic amines is 1. The number of esters is 1. The summed E-state index contributed by atoms with van der Waals surface area (Å²) < 4.78 is 67.1. The molecule has 0 radical (unpaired) electrons. The third kappa shape index (κ3) is 9.18. The zero-order valence-corrected chi connectivity index (χ0v) is 20.1. The second-order valence-electron chi connectivity index (χ2n) is 7.13. The maximum absolute atomic E-state index is 12.3. The molecule has 0 fully saturated rings. The molecule has 0 amide bonds. The Morgan fingerprint density at radius 1 is 0.971 bits per heavy atom. The number of aryl methyl sites for hydroxylation is 1. The summed E-state index contributed by atoms with van der Waals surface area (Å²) in [5, 5.41) is 0. The standard InChI is InChI=1S/C19H24N2O11S2/c1-13-9-21(19(24)20-17(13)22)16(12-31-34(3,27)28)32-15(11-30-33(2,25)26)10-29-18(23)14-7-5-4-6-8-14/h4-9,15-16H,10-12H2,1-3H3,(H,20,22,24)/t15-,16-/m1/s1. The van der Waals surface area contributed by atoms with Crippen LogP contribution in [-0.2, 0) is 38.1 Å². The number of ether oxygens (including phenoxy) is 2. The van der Waals surface area contributed by atoms with Crippen molar-refractivity contribution in [1.29, 1.82) is 0 Å².